The lowest BCUT2D eigenvalue weighted by atomic mass is 9.87. The van der Waals surface area contributed by atoms with Crippen molar-refractivity contribution in [3.05, 3.63) is 84.2 Å². The summed E-state index contributed by atoms with van der Waals surface area (Å²) in [5, 5.41) is 14.1. The number of pyridine rings is 3. The number of allylic oxidation sites excluding steroid dienone is 1. The highest BCUT2D eigenvalue weighted by molar-refractivity contribution is 6.10. The largest absolute Gasteiger partial charge is 0.404 e. The number of rotatable bonds is 5. The number of nitrogens with two attached hydrogens (primary N) is 1. The molecule has 2 bridgehead atoms. The Balaban J connectivity index is 1.22. The second kappa shape index (κ2) is 10.4. The maximum absolute atomic E-state index is 9.69. The van der Waals surface area contributed by atoms with Gasteiger partial charge >= 0.3 is 0 Å². The molecule has 0 radical (unpaired) electrons. The van der Waals surface area contributed by atoms with Crippen LogP contribution >= 0.6 is 0 Å². The number of aliphatic imine (C=N–C) groups is 1. The third-order valence-electron chi connectivity index (χ3n) is 7.38. The monoisotopic (exact) mass is 513 g/mol. The van der Waals surface area contributed by atoms with Crippen molar-refractivity contribution in [2.24, 2.45) is 10.7 Å². The molecule has 0 aromatic carbocycles. The van der Waals surface area contributed by atoms with Crippen LogP contribution in [0.4, 0.5) is 5.82 Å². The van der Waals surface area contributed by atoms with Crippen molar-refractivity contribution >= 4 is 23.1 Å². The Labute approximate surface area is 226 Å². The molecule has 3 aliphatic heterocycles. The normalized spacial score (nSPS) is 19.0. The van der Waals surface area contributed by atoms with Gasteiger partial charge in [-0.3, -0.25) is 9.89 Å². The average molecular weight is 514 g/mol. The predicted octanol–water partition coefficient (Wildman–Crippen LogP) is 2.98. The van der Waals surface area contributed by atoms with Crippen LogP contribution in [0.2, 0.25) is 0 Å². The minimum Gasteiger partial charge on any atom is -0.404 e. The van der Waals surface area contributed by atoms with Gasteiger partial charge in [0.25, 0.3) is 0 Å². The molecule has 9 heteroatoms. The van der Waals surface area contributed by atoms with Gasteiger partial charge in [-0.1, -0.05) is 12.0 Å². The zero-order valence-electron chi connectivity index (χ0n) is 21.6. The van der Waals surface area contributed by atoms with Gasteiger partial charge in [0, 0.05) is 85.5 Å². The molecule has 7 rings (SSSR count). The molecule has 3 aliphatic rings. The lowest BCUT2D eigenvalue weighted by Crippen LogP contribution is -2.68. The highest BCUT2D eigenvalue weighted by atomic mass is 15.4. The molecule has 39 heavy (non-hydrogen) atoms. The van der Waals surface area contributed by atoms with Crippen LogP contribution in [0.5, 0.6) is 0 Å². The van der Waals surface area contributed by atoms with Gasteiger partial charge in [-0.15, -0.1) is 0 Å². The molecule has 9 nitrogen and oxygen atoms in total. The molecule has 2 unspecified atom stereocenters. The molecule has 2 N–H and O–H groups in total. The molecule has 0 saturated carbocycles. The van der Waals surface area contributed by atoms with E-state index in [0.717, 1.165) is 58.9 Å². The van der Waals surface area contributed by atoms with E-state index < -0.39 is 0 Å². The van der Waals surface area contributed by atoms with Crippen LogP contribution in [0.3, 0.4) is 0 Å². The zero-order chi connectivity index (χ0) is 26.8. The summed E-state index contributed by atoms with van der Waals surface area (Å²) in [6.07, 6.45) is 11.5. The number of hydrogen-bond donors (Lipinski definition) is 1. The number of anilines is 1. The lowest BCUT2D eigenvalue weighted by Gasteiger charge is -2.56. The van der Waals surface area contributed by atoms with Crippen LogP contribution in [-0.2, 0) is 0 Å². The standard InChI is InChI=1S/C30H27N9/c1-33-15-23(13-31)22-11-28(30-24(14-32)17-36-39(30)18-22)21-7-8-29(35-16-21)37-19-26-12-27(20-37)38(26)10-4-6-25-5-2-3-9-34-25/h2-3,5,7-9,11,13,15-18,26-27H,10,12,19-20,31H2,1H3. The van der Waals surface area contributed by atoms with Gasteiger partial charge in [0.2, 0.25) is 0 Å². The molecule has 2 atom stereocenters. The molecule has 7 heterocycles. The van der Waals surface area contributed by atoms with Crippen molar-refractivity contribution in [1.29, 1.82) is 5.26 Å². The van der Waals surface area contributed by atoms with Crippen LogP contribution in [0.25, 0.3) is 22.2 Å². The third-order valence-corrected chi connectivity index (χ3v) is 7.38. The predicted molar refractivity (Wildman–Crippen MR) is 152 cm³/mol. The Hall–Kier alpha value is -4.99. The van der Waals surface area contributed by atoms with Crippen molar-refractivity contribution in [2.75, 3.05) is 31.6 Å². The summed E-state index contributed by atoms with van der Waals surface area (Å²) in [5.74, 6) is 7.41. The van der Waals surface area contributed by atoms with Gasteiger partial charge in [-0.25, -0.2) is 14.5 Å². The van der Waals surface area contributed by atoms with Crippen molar-refractivity contribution in [3.8, 4) is 29.0 Å². The molecule has 192 valence electrons. The maximum atomic E-state index is 9.69. The van der Waals surface area contributed by atoms with E-state index in [4.69, 9.17) is 10.7 Å². The maximum Gasteiger partial charge on any atom is 0.128 e. The smallest absolute Gasteiger partial charge is 0.128 e. The van der Waals surface area contributed by atoms with Gasteiger partial charge < -0.3 is 10.6 Å². The Morgan fingerprint density at radius 1 is 1.18 bits per heavy atom. The minimum atomic E-state index is 0.478. The molecular formula is C30H27N9. The summed E-state index contributed by atoms with van der Waals surface area (Å²) < 4.78 is 1.72. The van der Waals surface area contributed by atoms with Gasteiger partial charge in [0.05, 0.1) is 23.8 Å². The number of nitrogens with zero attached hydrogens (tertiary/aromatic N) is 8. The van der Waals surface area contributed by atoms with Crippen LogP contribution in [0.1, 0.15) is 23.2 Å². The van der Waals surface area contributed by atoms with Crippen LogP contribution < -0.4 is 10.6 Å². The number of hydrogen-bond acceptors (Lipinski definition) is 8. The Kier molecular flexibility index (Phi) is 6.50. The van der Waals surface area contributed by atoms with E-state index in [1.807, 2.05) is 36.7 Å². The number of fused-ring (bicyclic) bond motifs is 3. The minimum absolute atomic E-state index is 0.478. The van der Waals surface area contributed by atoms with E-state index in [2.05, 4.69) is 54.9 Å². The molecule has 0 aliphatic carbocycles. The van der Waals surface area contributed by atoms with E-state index >= 15 is 0 Å². The van der Waals surface area contributed by atoms with Crippen LogP contribution in [-0.4, -0.2) is 69.5 Å². The molecular weight excluding hydrogens is 486 g/mol. The zero-order valence-corrected chi connectivity index (χ0v) is 21.6. The van der Waals surface area contributed by atoms with Crippen molar-refractivity contribution in [2.45, 2.75) is 18.5 Å². The van der Waals surface area contributed by atoms with Crippen molar-refractivity contribution in [3.63, 3.8) is 0 Å². The number of nitriles is 1. The first-order chi connectivity index (χ1) is 19.2. The fraction of sp³-hybridized carbons (Fsp3) is 0.233. The first-order valence-corrected chi connectivity index (χ1v) is 12.8. The summed E-state index contributed by atoms with van der Waals surface area (Å²) >= 11 is 0. The molecule has 4 aromatic heterocycles. The fourth-order valence-electron chi connectivity index (χ4n) is 5.46. The van der Waals surface area contributed by atoms with E-state index in [0.29, 0.717) is 17.6 Å². The first kappa shape index (κ1) is 24.4. The quantitative estimate of drug-likeness (QED) is 0.323. The highest BCUT2D eigenvalue weighted by Crippen LogP contribution is 2.35. The lowest BCUT2D eigenvalue weighted by molar-refractivity contribution is 0.0125. The second-order valence-electron chi connectivity index (χ2n) is 9.66. The van der Waals surface area contributed by atoms with Crippen LogP contribution in [0, 0.1) is 23.2 Å². The van der Waals surface area contributed by atoms with Gasteiger partial charge in [-0.2, -0.15) is 10.4 Å². The highest BCUT2D eigenvalue weighted by Gasteiger charge is 2.44. The van der Waals surface area contributed by atoms with E-state index in [9.17, 15) is 5.26 Å². The number of piperidine rings is 1. The topological polar surface area (TPSA) is 112 Å². The van der Waals surface area contributed by atoms with Crippen LogP contribution in [0.15, 0.2) is 72.4 Å². The van der Waals surface area contributed by atoms with E-state index in [1.165, 1.54) is 12.6 Å². The Morgan fingerprint density at radius 2 is 2.05 bits per heavy atom. The molecule has 4 aromatic rings. The Bertz CT molecular complexity index is 1660. The second-order valence-corrected chi connectivity index (χ2v) is 9.66. The number of aromatic nitrogens is 4. The van der Waals surface area contributed by atoms with Crippen molar-refractivity contribution < 1.29 is 0 Å². The molecule has 3 saturated heterocycles. The molecule has 0 spiro atoms. The Morgan fingerprint density at radius 3 is 2.74 bits per heavy atom. The summed E-state index contributed by atoms with van der Waals surface area (Å²) in [6.45, 7) is 2.61. The van der Waals surface area contributed by atoms with Gasteiger partial charge in [0.1, 0.15) is 17.6 Å². The summed E-state index contributed by atoms with van der Waals surface area (Å²) in [4.78, 5) is 18.0. The van der Waals surface area contributed by atoms with Gasteiger partial charge in [0.15, 0.2) is 0 Å². The number of piperazine rings is 1. The van der Waals surface area contributed by atoms with E-state index in [1.54, 1.807) is 30.2 Å². The summed E-state index contributed by atoms with van der Waals surface area (Å²) in [5.41, 5.74) is 11.3. The average Bonchev–Trinajstić information content (AvgIpc) is 3.41. The molecule has 3 fully saturated rings. The third kappa shape index (κ3) is 4.61. The van der Waals surface area contributed by atoms with Crippen molar-refractivity contribution in [1.82, 2.24) is 24.5 Å². The summed E-state index contributed by atoms with van der Waals surface area (Å²) in [6, 6.07) is 15.1. The van der Waals surface area contributed by atoms with Gasteiger partial charge in [-0.05, 0) is 42.7 Å². The molecule has 0 amide bonds. The fourth-order valence-corrected chi connectivity index (χ4v) is 5.46. The SMILES string of the molecule is CN=CC(=CN)c1cc(-c2ccc(N3CC4CC(C3)N4CC#Cc3ccccn3)nc2)c2c(C#N)cnn2c1. The first-order valence-electron chi connectivity index (χ1n) is 12.8. The van der Waals surface area contributed by atoms with E-state index in [-0.39, 0.29) is 0 Å². The summed E-state index contributed by atoms with van der Waals surface area (Å²) in [7, 11) is 1.70.